The summed E-state index contributed by atoms with van der Waals surface area (Å²) in [7, 11) is 1.62. The van der Waals surface area contributed by atoms with E-state index in [0.29, 0.717) is 11.8 Å². The van der Waals surface area contributed by atoms with Crippen LogP contribution >= 0.6 is 15.9 Å². The Bertz CT molecular complexity index is 319. The van der Waals surface area contributed by atoms with Crippen LogP contribution in [0.15, 0.2) is 27.8 Å². The number of guanidine groups is 1. The molecule has 0 saturated heterocycles. The first-order valence-corrected chi connectivity index (χ1v) is 4.58. The summed E-state index contributed by atoms with van der Waals surface area (Å²) in [5, 5.41) is 1.27. The van der Waals surface area contributed by atoms with Crippen molar-refractivity contribution in [3.05, 3.63) is 22.8 Å². The Labute approximate surface area is 90.1 Å². The maximum Gasteiger partial charge on any atom is 0.229 e. The van der Waals surface area contributed by atoms with Crippen LogP contribution in [0.4, 0.5) is 5.82 Å². The summed E-state index contributed by atoms with van der Waals surface area (Å²) in [5.74, 6) is 11.5. The minimum atomic E-state index is 0.333. The molecule has 0 bridgehead atoms. The highest BCUT2D eigenvalue weighted by atomic mass is 79.9. The molecule has 0 aliphatic carbocycles. The third-order valence-electron chi connectivity index (χ3n) is 1.40. The number of halogens is 1. The molecule has 0 aliphatic heterocycles. The standard InChI is InChI=1S/C7H11BrN6/c1-14(10)7(13-9)12-6-3-2-5(8)4-11-6/h2-4H,9-10H2,1H3,(H,11,12,13). The van der Waals surface area contributed by atoms with Crippen molar-refractivity contribution in [1.29, 1.82) is 0 Å². The van der Waals surface area contributed by atoms with Gasteiger partial charge in [0.05, 0.1) is 0 Å². The first-order chi connectivity index (χ1) is 6.63. The largest absolute Gasteiger partial charge is 0.293 e. The smallest absolute Gasteiger partial charge is 0.229 e. The van der Waals surface area contributed by atoms with Gasteiger partial charge < -0.3 is 0 Å². The summed E-state index contributed by atoms with van der Waals surface area (Å²) in [6.07, 6.45) is 1.64. The predicted octanol–water partition coefficient (Wildman–Crippen LogP) is 0.100. The highest BCUT2D eigenvalue weighted by molar-refractivity contribution is 9.10. The average molecular weight is 259 g/mol. The van der Waals surface area contributed by atoms with Gasteiger partial charge in [-0.05, 0) is 28.1 Å². The predicted molar refractivity (Wildman–Crippen MR) is 58.3 cm³/mol. The van der Waals surface area contributed by atoms with Gasteiger partial charge >= 0.3 is 0 Å². The summed E-state index contributed by atoms with van der Waals surface area (Å²) in [6.45, 7) is 0. The molecule has 76 valence electrons. The van der Waals surface area contributed by atoms with Gasteiger partial charge in [0.25, 0.3) is 0 Å². The van der Waals surface area contributed by atoms with Crippen LogP contribution in [0.3, 0.4) is 0 Å². The lowest BCUT2D eigenvalue weighted by Crippen LogP contribution is -2.46. The third-order valence-corrected chi connectivity index (χ3v) is 1.86. The normalized spacial score (nSPS) is 11.3. The van der Waals surface area contributed by atoms with E-state index in [2.05, 4.69) is 31.3 Å². The first kappa shape index (κ1) is 10.9. The van der Waals surface area contributed by atoms with E-state index in [1.165, 1.54) is 5.01 Å². The van der Waals surface area contributed by atoms with E-state index < -0.39 is 0 Å². The number of hydrogen-bond donors (Lipinski definition) is 3. The number of hydrogen-bond acceptors (Lipinski definition) is 4. The molecule has 0 atom stereocenters. The molecule has 1 heterocycles. The fraction of sp³-hybridized carbons (Fsp3) is 0.143. The van der Waals surface area contributed by atoms with Crippen molar-refractivity contribution in [3.8, 4) is 0 Å². The molecule has 6 nitrogen and oxygen atoms in total. The number of pyridine rings is 1. The molecule has 0 unspecified atom stereocenters. The minimum Gasteiger partial charge on any atom is -0.293 e. The Morgan fingerprint density at radius 1 is 1.64 bits per heavy atom. The van der Waals surface area contributed by atoms with Crippen LogP contribution in [0.5, 0.6) is 0 Å². The molecule has 1 rings (SSSR count). The third kappa shape index (κ3) is 2.95. The number of nitrogens with one attached hydrogen (secondary N) is 1. The van der Waals surface area contributed by atoms with E-state index in [4.69, 9.17) is 11.7 Å². The Morgan fingerprint density at radius 2 is 2.36 bits per heavy atom. The van der Waals surface area contributed by atoms with Crippen LogP contribution in [0.25, 0.3) is 0 Å². The molecule has 1 aromatic heterocycles. The lowest BCUT2D eigenvalue weighted by Gasteiger charge is -2.13. The zero-order valence-electron chi connectivity index (χ0n) is 7.61. The van der Waals surface area contributed by atoms with Crippen molar-refractivity contribution < 1.29 is 0 Å². The van der Waals surface area contributed by atoms with Crippen molar-refractivity contribution in [2.45, 2.75) is 0 Å². The van der Waals surface area contributed by atoms with Gasteiger partial charge in [-0.25, -0.2) is 16.7 Å². The van der Waals surface area contributed by atoms with Crippen LogP contribution < -0.4 is 17.1 Å². The monoisotopic (exact) mass is 258 g/mol. The van der Waals surface area contributed by atoms with E-state index in [1.54, 1.807) is 19.3 Å². The molecule has 14 heavy (non-hydrogen) atoms. The molecule has 0 spiro atoms. The number of aliphatic imine (C=N–C) groups is 1. The maximum atomic E-state index is 5.45. The fourth-order valence-electron chi connectivity index (χ4n) is 0.756. The molecule has 0 aromatic carbocycles. The Morgan fingerprint density at radius 3 is 2.79 bits per heavy atom. The summed E-state index contributed by atoms with van der Waals surface area (Å²) in [4.78, 5) is 8.10. The SMILES string of the molecule is CN(N)C(=Nc1ccc(Br)cn1)NN. The second-order valence-corrected chi connectivity index (χ2v) is 3.44. The molecular formula is C7H11BrN6. The number of nitrogens with two attached hydrogens (primary N) is 2. The van der Waals surface area contributed by atoms with Crippen LogP contribution in [0.2, 0.25) is 0 Å². The van der Waals surface area contributed by atoms with Crippen molar-refractivity contribution in [3.63, 3.8) is 0 Å². The molecule has 7 heteroatoms. The second-order valence-electron chi connectivity index (χ2n) is 2.53. The number of hydrazine groups is 2. The van der Waals surface area contributed by atoms with E-state index in [0.717, 1.165) is 4.47 Å². The summed E-state index contributed by atoms with van der Waals surface area (Å²) < 4.78 is 0.889. The van der Waals surface area contributed by atoms with Gasteiger partial charge in [0.1, 0.15) is 0 Å². The second kappa shape index (κ2) is 4.89. The van der Waals surface area contributed by atoms with Crippen molar-refractivity contribution in [1.82, 2.24) is 15.4 Å². The topological polar surface area (TPSA) is 92.6 Å². The van der Waals surface area contributed by atoms with E-state index in [1.807, 2.05) is 6.07 Å². The zero-order valence-corrected chi connectivity index (χ0v) is 9.19. The molecule has 0 radical (unpaired) electrons. The molecule has 1 aromatic rings. The Hall–Kier alpha value is -1.18. The zero-order chi connectivity index (χ0) is 10.6. The van der Waals surface area contributed by atoms with E-state index >= 15 is 0 Å². The van der Waals surface area contributed by atoms with Crippen molar-refractivity contribution in [2.75, 3.05) is 7.05 Å². The van der Waals surface area contributed by atoms with Crippen molar-refractivity contribution in [2.24, 2.45) is 16.7 Å². The van der Waals surface area contributed by atoms with Crippen molar-refractivity contribution >= 4 is 27.7 Å². The fourth-order valence-corrected chi connectivity index (χ4v) is 0.990. The van der Waals surface area contributed by atoms with Gasteiger partial charge in [-0.3, -0.25) is 10.4 Å². The molecule has 0 fully saturated rings. The molecule has 0 saturated carbocycles. The molecular weight excluding hydrogens is 248 g/mol. The van der Waals surface area contributed by atoms with Gasteiger partial charge in [0.15, 0.2) is 5.82 Å². The van der Waals surface area contributed by atoms with Crippen LogP contribution in [0, 0.1) is 0 Å². The average Bonchev–Trinajstić information content (AvgIpc) is 2.16. The summed E-state index contributed by atoms with van der Waals surface area (Å²) >= 11 is 3.27. The van der Waals surface area contributed by atoms with Gasteiger partial charge in [-0.2, -0.15) is 4.99 Å². The first-order valence-electron chi connectivity index (χ1n) is 3.79. The van der Waals surface area contributed by atoms with E-state index in [-0.39, 0.29) is 0 Å². The Kier molecular flexibility index (Phi) is 3.81. The minimum absolute atomic E-state index is 0.333. The van der Waals surface area contributed by atoms with E-state index in [9.17, 15) is 0 Å². The van der Waals surface area contributed by atoms with Gasteiger partial charge in [-0.15, -0.1) is 0 Å². The molecule has 0 amide bonds. The number of nitrogens with zero attached hydrogens (tertiary/aromatic N) is 3. The summed E-state index contributed by atoms with van der Waals surface area (Å²) in [5.41, 5.74) is 2.36. The van der Waals surface area contributed by atoms with Gasteiger partial charge in [-0.1, -0.05) is 0 Å². The van der Waals surface area contributed by atoms with Gasteiger partial charge in [0, 0.05) is 17.7 Å². The lowest BCUT2D eigenvalue weighted by atomic mass is 10.5. The van der Waals surface area contributed by atoms with Gasteiger partial charge in [0.2, 0.25) is 5.96 Å². The lowest BCUT2D eigenvalue weighted by molar-refractivity contribution is 0.514. The Balaban J connectivity index is 2.89. The van der Waals surface area contributed by atoms with Crippen LogP contribution in [-0.2, 0) is 0 Å². The molecule has 5 N–H and O–H groups in total. The van der Waals surface area contributed by atoms with Crippen LogP contribution in [0.1, 0.15) is 0 Å². The highest BCUT2D eigenvalue weighted by Gasteiger charge is 2.00. The highest BCUT2D eigenvalue weighted by Crippen LogP contribution is 2.12. The molecule has 0 aliphatic rings. The number of aromatic nitrogens is 1. The summed E-state index contributed by atoms with van der Waals surface area (Å²) in [6, 6.07) is 3.57. The van der Waals surface area contributed by atoms with Crippen LogP contribution in [-0.4, -0.2) is 23.0 Å². The quantitative estimate of drug-likeness (QED) is 0.288. The maximum absolute atomic E-state index is 5.45. The number of rotatable bonds is 1.